The second-order valence-electron chi connectivity index (χ2n) is 7.38. The molecular formula is C17H33Cl2N3O2. The van der Waals surface area contributed by atoms with Gasteiger partial charge in [-0.3, -0.25) is 9.69 Å². The average Bonchev–Trinajstić information content (AvgIpc) is 3.00. The lowest BCUT2D eigenvalue weighted by atomic mass is 9.67. The number of halogens is 2. The third-order valence-electron chi connectivity index (χ3n) is 6.19. The Labute approximate surface area is 158 Å². The number of nitrogens with zero attached hydrogens (tertiary/aromatic N) is 1. The van der Waals surface area contributed by atoms with Gasteiger partial charge < -0.3 is 15.4 Å². The SMILES string of the molecule is CC(NC(=O)[C@@]12CCCC[C@H]1CNC2)C(C)N1CCOCC1.Cl.Cl. The van der Waals surface area contributed by atoms with E-state index in [1.165, 1.54) is 19.3 Å². The molecule has 3 aliphatic rings. The molecule has 142 valence electrons. The largest absolute Gasteiger partial charge is 0.379 e. The van der Waals surface area contributed by atoms with E-state index in [-0.39, 0.29) is 42.2 Å². The van der Waals surface area contributed by atoms with Crippen molar-refractivity contribution >= 4 is 30.7 Å². The fourth-order valence-electron chi connectivity index (χ4n) is 4.46. The van der Waals surface area contributed by atoms with Gasteiger partial charge in [0.15, 0.2) is 0 Å². The standard InChI is InChI=1S/C17H31N3O2.2ClH/c1-13(14(2)20-7-9-22-10-8-20)19-16(21)17-6-4-3-5-15(17)11-18-12-17;;/h13-15,18H,3-12H2,1-2H3,(H,19,21);2*1H/t13?,14?,15-,17+;;/m0../s1. The van der Waals surface area contributed by atoms with Crippen molar-refractivity contribution in [1.82, 2.24) is 15.5 Å². The minimum Gasteiger partial charge on any atom is -0.379 e. The third kappa shape index (κ3) is 4.36. The van der Waals surface area contributed by atoms with Crippen LogP contribution in [0.4, 0.5) is 0 Å². The van der Waals surface area contributed by atoms with Crippen molar-refractivity contribution < 1.29 is 9.53 Å². The summed E-state index contributed by atoms with van der Waals surface area (Å²) in [5, 5.41) is 6.81. The molecule has 0 aromatic rings. The molecule has 0 radical (unpaired) electrons. The van der Waals surface area contributed by atoms with Crippen molar-refractivity contribution in [2.24, 2.45) is 11.3 Å². The van der Waals surface area contributed by atoms with Crippen molar-refractivity contribution in [1.29, 1.82) is 0 Å². The summed E-state index contributed by atoms with van der Waals surface area (Å²) in [5.74, 6) is 0.821. The second kappa shape index (κ2) is 9.58. The summed E-state index contributed by atoms with van der Waals surface area (Å²) in [4.78, 5) is 15.4. The van der Waals surface area contributed by atoms with E-state index >= 15 is 0 Å². The number of nitrogens with one attached hydrogen (secondary N) is 2. The van der Waals surface area contributed by atoms with E-state index in [0.29, 0.717) is 12.0 Å². The van der Waals surface area contributed by atoms with E-state index in [9.17, 15) is 4.79 Å². The molecule has 0 aromatic carbocycles. The summed E-state index contributed by atoms with van der Waals surface area (Å²) in [6.45, 7) is 9.80. The predicted octanol–water partition coefficient (Wildman–Crippen LogP) is 1.84. The maximum atomic E-state index is 13.0. The number of morpholine rings is 1. The fraction of sp³-hybridized carbons (Fsp3) is 0.941. The molecule has 2 saturated heterocycles. The van der Waals surface area contributed by atoms with Crippen LogP contribution in [0.5, 0.6) is 0 Å². The normalized spacial score (nSPS) is 32.7. The van der Waals surface area contributed by atoms with Crippen molar-refractivity contribution in [2.45, 2.75) is 51.6 Å². The minimum absolute atomic E-state index is 0. The fourth-order valence-corrected chi connectivity index (χ4v) is 4.46. The average molecular weight is 382 g/mol. The maximum Gasteiger partial charge on any atom is 0.228 e. The van der Waals surface area contributed by atoms with Crippen molar-refractivity contribution in [3.8, 4) is 0 Å². The van der Waals surface area contributed by atoms with Crippen LogP contribution in [-0.4, -0.2) is 62.3 Å². The predicted molar refractivity (Wildman–Crippen MR) is 101 cm³/mol. The Kier molecular flexibility index (Phi) is 8.77. The molecule has 2 unspecified atom stereocenters. The van der Waals surface area contributed by atoms with Gasteiger partial charge in [0.05, 0.1) is 18.6 Å². The van der Waals surface area contributed by atoms with E-state index in [0.717, 1.165) is 45.8 Å². The summed E-state index contributed by atoms with van der Waals surface area (Å²) in [6.07, 6.45) is 4.73. The Morgan fingerprint density at radius 1 is 1.25 bits per heavy atom. The molecule has 2 heterocycles. The zero-order valence-electron chi connectivity index (χ0n) is 14.9. The summed E-state index contributed by atoms with van der Waals surface area (Å²) < 4.78 is 5.42. The first-order valence-electron chi connectivity index (χ1n) is 8.97. The lowest BCUT2D eigenvalue weighted by Crippen LogP contribution is -2.56. The number of fused-ring (bicyclic) bond motifs is 1. The zero-order chi connectivity index (χ0) is 15.6. The lowest BCUT2D eigenvalue weighted by molar-refractivity contribution is -0.135. The smallest absolute Gasteiger partial charge is 0.228 e. The number of hydrogen-bond acceptors (Lipinski definition) is 4. The number of ether oxygens (including phenoxy) is 1. The quantitative estimate of drug-likeness (QED) is 0.779. The first kappa shape index (κ1) is 22.0. The number of hydrogen-bond donors (Lipinski definition) is 2. The summed E-state index contributed by atoms with van der Waals surface area (Å²) in [5.41, 5.74) is -0.142. The third-order valence-corrected chi connectivity index (χ3v) is 6.19. The molecule has 1 saturated carbocycles. The molecule has 0 spiro atoms. The van der Waals surface area contributed by atoms with Gasteiger partial charge in [0, 0.05) is 31.7 Å². The first-order chi connectivity index (χ1) is 10.6. The van der Waals surface area contributed by atoms with Gasteiger partial charge in [0.25, 0.3) is 0 Å². The van der Waals surface area contributed by atoms with Crippen molar-refractivity contribution in [2.75, 3.05) is 39.4 Å². The van der Waals surface area contributed by atoms with E-state index < -0.39 is 0 Å². The van der Waals surface area contributed by atoms with Gasteiger partial charge in [-0.2, -0.15) is 0 Å². The number of carbonyl (C=O) groups is 1. The molecule has 2 aliphatic heterocycles. The molecular weight excluding hydrogens is 349 g/mol. The molecule has 1 amide bonds. The van der Waals surface area contributed by atoms with Crippen LogP contribution in [0.25, 0.3) is 0 Å². The van der Waals surface area contributed by atoms with Crippen LogP contribution in [0, 0.1) is 11.3 Å². The van der Waals surface area contributed by atoms with Gasteiger partial charge in [0.1, 0.15) is 0 Å². The van der Waals surface area contributed by atoms with Crippen LogP contribution in [-0.2, 0) is 9.53 Å². The molecule has 0 bridgehead atoms. The lowest BCUT2D eigenvalue weighted by Gasteiger charge is -2.40. The Bertz CT molecular complexity index is 407. The molecule has 0 aromatic heterocycles. The highest BCUT2D eigenvalue weighted by molar-refractivity contribution is 5.85. The van der Waals surface area contributed by atoms with E-state index in [2.05, 4.69) is 29.4 Å². The van der Waals surface area contributed by atoms with E-state index in [4.69, 9.17) is 4.74 Å². The van der Waals surface area contributed by atoms with Crippen LogP contribution >= 0.6 is 24.8 Å². The highest BCUT2D eigenvalue weighted by atomic mass is 35.5. The molecule has 2 N–H and O–H groups in total. The Balaban J connectivity index is 0.00000144. The molecule has 4 atom stereocenters. The monoisotopic (exact) mass is 381 g/mol. The van der Waals surface area contributed by atoms with Gasteiger partial charge in [-0.25, -0.2) is 0 Å². The summed E-state index contributed by atoms with van der Waals surface area (Å²) in [7, 11) is 0. The van der Waals surface area contributed by atoms with Gasteiger partial charge >= 0.3 is 0 Å². The van der Waals surface area contributed by atoms with E-state index in [1.54, 1.807) is 0 Å². The molecule has 3 rings (SSSR count). The van der Waals surface area contributed by atoms with Crippen LogP contribution in [0.15, 0.2) is 0 Å². The van der Waals surface area contributed by atoms with Crippen LogP contribution in [0.1, 0.15) is 39.5 Å². The molecule has 1 aliphatic carbocycles. The first-order valence-corrected chi connectivity index (χ1v) is 8.97. The molecule has 7 heteroatoms. The van der Waals surface area contributed by atoms with Crippen molar-refractivity contribution in [3.63, 3.8) is 0 Å². The minimum atomic E-state index is -0.142. The van der Waals surface area contributed by atoms with Crippen LogP contribution in [0.2, 0.25) is 0 Å². The zero-order valence-corrected chi connectivity index (χ0v) is 16.5. The van der Waals surface area contributed by atoms with Gasteiger partial charge in [-0.1, -0.05) is 12.8 Å². The summed E-state index contributed by atoms with van der Waals surface area (Å²) >= 11 is 0. The number of amides is 1. The van der Waals surface area contributed by atoms with Crippen molar-refractivity contribution in [3.05, 3.63) is 0 Å². The van der Waals surface area contributed by atoms with Gasteiger partial charge in [0.2, 0.25) is 5.91 Å². The topological polar surface area (TPSA) is 53.6 Å². The molecule has 5 nitrogen and oxygen atoms in total. The van der Waals surface area contributed by atoms with Crippen LogP contribution in [0.3, 0.4) is 0 Å². The Hall–Kier alpha value is -0.0700. The Morgan fingerprint density at radius 3 is 2.67 bits per heavy atom. The number of carbonyl (C=O) groups excluding carboxylic acids is 1. The number of rotatable bonds is 4. The second-order valence-corrected chi connectivity index (χ2v) is 7.38. The summed E-state index contributed by atoms with van der Waals surface area (Å²) in [6, 6.07) is 0.545. The molecule has 24 heavy (non-hydrogen) atoms. The van der Waals surface area contributed by atoms with Gasteiger partial charge in [-0.05, 0) is 39.2 Å². The highest BCUT2D eigenvalue weighted by Crippen LogP contribution is 2.44. The molecule has 3 fully saturated rings. The van der Waals surface area contributed by atoms with E-state index in [1.807, 2.05) is 0 Å². The Morgan fingerprint density at radius 2 is 1.96 bits per heavy atom. The highest BCUT2D eigenvalue weighted by Gasteiger charge is 2.50. The van der Waals surface area contributed by atoms with Crippen LogP contribution < -0.4 is 10.6 Å². The van der Waals surface area contributed by atoms with Gasteiger partial charge in [-0.15, -0.1) is 24.8 Å². The maximum absolute atomic E-state index is 13.0.